The number of hydrogen-bond donors (Lipinski definition) is 0. The minimum Gasteiger partial charge on any atom is -0.207 e. The van der Waals surface area contributed by atoms with Crippen molar-refractivity contribution in [2.45, 2.75) is 6.42 Å². The van der Waals surface area contributed by atoms with E-state index >= 15 is 0 Å². The largest absolute Gasteiger partial charge is 0.207 e. The Morgan fingerprint density at radius 2 is 2.27 bits per heavy atom. The first-order valence-electron chi connectivity index (χ1n) is 3.29. The maximum absolute atomic E-state index is 12.6. The lowest BCUT2D eigenvalue weighted by molar-refractivity contribution is 0.626. The topological polar surface area (TPSA) is 0 Å². The lowest BCUT2D eigenvalue weighted by atomic mass is 10.1. The van der Waals surface area contributed by atoms with Crippen LogP contribution in [0.15, 0.2) is 30.9 Å². The van der Waals surface area contributed by atoms with Crippen LogP contribution in [0.3, 0.4) is 0 Å². The molecule has 0 atom stereocenters. The molecule has 0 aliphatic rings. The quantitative estimate of drug-likeness (QED) is 0.598. The van der Waals surface area contributed by atoms with Gasteiger partial charge in [0.1, 0.15) is 5.82 Å². The predicted octanol–water partition coefficient (Wildman–Crippen LogP) is 3.21. The molecule has 2 heteroatoms. The highest BCUT2D eigenvalue weighted by molar-refractivity contribution is 6.31. The van der Waals surface area contributed by atoms with Gasteiger partial charge in [-0.3, -0.25) is 0 Å². The zero-order valence-electron chi connectivity index (χ0n) is 5.98. The molecule has 1 rings (SSSR count). The monoisotopic (exact) mass is 170 g/mol. The summed E-state index contributed by atoms with van der Waals surface area (Å²) in [6.07, 6.45) is 2.30. The summed E-state index contributed by atoms with van der Waals surface area (Å²) >= 11 is 5.76. The Labute approximate surface area is 70.3 Å². The second-order valence-corrected chi connectivity index (χ2v) is 2.64. The molecule has 0 aromatic heterocycles. The third kappa shape index (κ3) is 2.05. The molecule has 0 spiro atoms. The maximum atomic E-state index is 12.6. The van der Waals surface area contributed by atoms with Crippen molar-refractivity contribution in [3.05, 3.63) is 47.3 Å². The lowest BCUT2D eigenvalue weighted by Gasteiger charge is -1.99. The van der Waals surface area contributed by atoms with Crippen LogP contribution in [0.1, 0.15) is 5.56 Å². The number of allylic oxidation sites excluding steroid dienone is 1. The molecule has 0 bridgehead atoms. The summed E-state index contributed by atoms with van der Waals surface area (Å²) in [7, 11) is 0. The third-order valence-corrected chi connectivity index (χ3v) is 1.74. The molecule has 0 radical (unpaired) electrons. The average molecular weight is 171 g/mol. The summed E-state index contributed by atoms with van der Waals surface area (Å²) in [5.41, 5.74) is 0.779. The van der Waals surface area contributed by atoms with E-state index in [4.69, 9.17) is 11.6 Å². The Bertz CT molecular complexity index is 268. The molecule has 0 heterocycles. The minimum atomic E-state index is -0.258. The van der Waals surface area contributed by atoms with Gasteiger partial charge in [0.25, 0.3) is 0 Å². The van der Waals surface area contributed by atoms with E-state index in [0.29, 0.717) is 11.4 Å². The van der Waals surface area contributed by atoms with Crippen molar-refractivity contribution in [3.8, 4) is 0 Å². The molecule has 0 nitrogen and oxygen atoms in total. The van der Waals surface area contributed by atoms with Crippen LogP contribution < -0.4 is 0 Å². The molecular formula is C9H8ClF. The van der Waals surface area contributed by atoms with E-state index in [1.165, 1.54) is 12.1 Å². The van der Waals surface area contributed by atoms with Crippen molar-refractivity contribution in [2.75, 3.05) is 0 Å². The van der Waals surface area contributed by atoms with Gasteiger partial charge >= 0.3 is 0 Å². The van der Waals surface area contributed by atoms with Crippen molar-refractivity contribution in [1.82, 2.24) is 0 Å². The second kappa shape index (κ2) is 3.54. The Balaban J connectivity index is 3.01. The number of rotatable bonds is 2. The zero-order chi connectivity index (χ0) is 8.27. The molecule has 0 fully saturated rings. The van der Waals surface area contributed by atoms with Gasteiger partial charge in [-0.25, -0.2) is 4.39 Å². The highest BCUT2D eigenvalue weighted by Crippen LogP contribution is 2.17. The molecule has 0 N–H and O–H groups in total. The number of benzene rings is 1. The summed E-state index contributed by atoms with van der Waals surface area (Å²) < 4.78 is 12.6. The van der Waals surface area contributed by atoms with E-state index in [1.54, 1.807) is 12.1 Å². The number of halogens is 2. The Morgan fingerprint density at radius 1 is 1.55 bits per heavy atom. The van der Waals surface area contributed by atoms with Gasteiger partial charge in [-0.15, -0.1) is 6.58 Å². The fourth-order valence-corrected chi connectivity index (χ4v) is 1.05. The van der Waals surface area contributed by atoms with Gasteiger partial charge < -0.3 is 0 Å². The van der Waals surface area contributed by atoms with E-state index < -0.39 is 0 Å². The average Bonchev–Trinajstić information content (AvgIpc) is 1.98. The third-order valence-electron chi connectivity index (χ3n) is 1.37. The molecular weight excluding hydrogens is 163 g/mol. The van der Waals surface area contributed by atoms with Crippen LogP contribution in [0.2, 0.25) is 5.02 Å². The first-order valence-corrected chi connectivity index (χ1v) is 3.66. The van der Waals surface area contributed by atoms with Crippen LogP contribution in [0, 0.1) is 5.82 Å². The Morgan fingerprint density at radius 3 is 2.91 bits per heavy atom. The molecule has 11 heavy (non-hydrogen) atoms. The first kappa shape index (κ1) is 8.28. The first-order chi connectivity index (χ1) is 5.24. The van der Waals surface area contributed by atoms with Gasteiger partial charge in [-0.2, -0.15) is 0 Å². The summed E-state index contributed by atoms with van der Waals surface area (Å²) in [5.74, 6) is -0.258. The molecule has 0 aliphatic heterocycles. The summed E-state index contributed by atoms with van der Waals surface area (Å²) in [5, 5.41) is 0.589. The standard InChI is InChI=1S/C9H8ClF/c1-2-3-7-6-8(11)4-5-9(7)10/h2,4-6H,1,3H2. The van der Waals surface area contributed by atoms with Gasteiger partial charge in [0, 0.05) is 5.02 Å². The van der Waals surface area contributed by atoms with E-state index in [9.17, 15) is 4.39 Å². The molecule has 1 aromatic carbocycles. The molecule has 0 unspecified atom stereocenters. The van der Waals surface area contributed by atoms with Crippen molar-refractivity contribution in [3.63, 3.8) is 0 Å². The number of hydrogen-bond acceptors (Lipinski definition) is 0. The van der Waals surface area contributed by atoms with E-state index in [-0.39, 0.29) is 5.82 Å². The molecule has 0 amide bonds. The van der Waals surface area contributed by atoms with E-state index in [2.05, 4.69) is 6.58 Å². The summed E-state index contributed by atoms with van der Waals surface area (Å²) in [6.45, 7) is 3.55. The highest BCUT2D eigenvalue weighted by atomic mass is 35.5. The molecule has 58 valence electrons. The molecule has 0 saturated heterocycles. The van der Waals surface area contributed by atoms with Crippen LogP contribution in [-0.2, 0) is 6.42 Å². The van der Waals surface area contributed by atoms with Gasteiger partial charge in [-0.05, 0) is 30.2 Å². The summed E-state index contributed by atoms with van der Waals surface area (Å²) in [4.78, 5) is 0. The molecule has 1 aromatic rings. The van der Waals surface area contributed by atoms with E-state index in [0.717, 1.165) is 5.56 Å². The van der Waals surface area contributed by atoms with Gasteiger partial charge in [-0.1, -0.05) is 17.7 Å². The molecule has 0 aliphatic carbocycles. The minimum absolute atomic E-state index is 0.258. The van der Waals surface area contributed by atoms with Crippen LogP contribution in [-0.4, -0.2) is 0 Å². The van der Waals surface area contributed by atoms with Crippen LogP contribution in [0.5, 0.6) is 0 Å². The zero-order valence-corrected chi connectivity index (χ0v) is 6.74. The molecule has 0 saturated carbocycles. The van der Waals surface area contributed by atoms with Crippen molar-refractivity contribution in [2.24, 2.45) is 0 Å². The Kier molecular flexibility index (Phi) is 2.66. The summed E-state index contributed by atoms with van der Waals surface area (Å²) in [6, 6.07) is 4.31. The fraction of sp³-hybridized carbons (Fsp3) is 0.111. The van der Waals surface area contributed by atoms with Crippen LogP contribution >= 0.6 is 11.6 Å². The van der Waals surface area contributed by atoms with Crippen molar-refractivity contribution in [1.29, 1.82) is 0 Å². The normalized spacial score (nSPS) is 9.64. The van der Waals surface area contributed by atoms with Crippen molar-refractivity contribution >= 4 is 11.6 Å². The van der Waals surface area contributed by atoms with E-state index in [1.807, 2.05) is 0 Å². The Hall–Kier alpha value is -0.820. The smallest absolute Gasteiger partial charge is 0.123 e. The van der Waals surface area contributed by atoms with Gasteiger partial charge in [0.2, 0.25) is 0 Å². The second-order valence-electron chi connectivity index (χ2n) is 2.23. The fourth-order valence-electron chi connectivity index (χ4n) is 0.855. The SMILES string of the molecule is C=CCc1cc(F)ccc1Cl. The van der Waals surface area contributed by atoms with Crippen LogP contribution in [0.25, 0.3) is 0 Å². The maximum Gasteiger partial charge on any atom is 0.123 e. The highest BCUT2D eigenvalue weighted by Gasteiger charge is 1.98. The van der Waals surface area contributed by atoms with Crippen LogP contribution in [0.4, 0.5) is 4.39 Å². The lowest BCUT2D eigenvalue weighted by Crippen LogP contribution is -1.84. The predicted molar refractivity (Wildman–Crippen MR) is 45.3 cm³/mol. The van der Waals surface area contributed by atoms with Gasteiger partial charge in [0.05, 0.1) is 0 Å². The van der Waals surface area contributed by atoms with Gasteiger partial charge in [0.15, 0.2) is 0 Å². The van der Waals surface area contributed by atoms with Crippen molar-refractivity contribution < 1.29 is 4.39 Å².